The number of benzene rings is 2. The van der Waals surface area contributed by atoms with E-state index in [1.807, 2.05) is 65.3 Å². The van der Waals surface area contributed by atoms with E-state index in [9.17, 15) is 4.79 Å². The number of amides is 1. The van der Waals surface area contributed by atoms with Gasteiger partial charge in [0.2, 0.25) is 0 Å². The van der Waals surface area contributed by atoms with E-state index in [1.54, 1.807) is 0 Å². The summed E-state index contributed by atoms with van der Waals surface area (Å²) in [5, 5.41) is 4.96. The van der Waals surface area contributed by atoms with Gasteiger partial charge < -0.3 is 14.2 Å². The van der Waals surface area contributed by atoms with Gasteiger partial charge in [-0.2, -0.15) is 5.10 Å². The first-order chi connectivity index (χ1) is 15.6. The first kappa shape index (κ1) is 20.1. The number of aryl methyl sites for hydroxylation is 2. The standard InChI is InChI=1S/C26H26N4O2/c1-4-32-24-10-6-5-9-20(24)26(31)29-16-21-22(17-29)27-30(25(21)28-13-7-8-14-28)23-12-11-18(2)15-19(23)3/h5-15H,4,16-17H2,1-3H3. The van der Waals surface area contributed by atoms with Crippen LogP contribution in [0.25, 0.3) is 11.5 Å². The van der Waals surface area contributed by atoms with Crippen molar-refractivity contribution in [2.45, 2.75) is 33.9 Å². The van der Waals surface area contributed by atoms with Crippen molar-refractivity contribution in [1.29, 1.82) is 0 Å². The lowest BCUT2D eigenvalue weighted by atomic mass is 10.1. The van der Waals surface area contributed by atoms with Gasteiger partial charge in [-0.1, -0.05) is 29.8 Å². The Morgan fingerprint density at radius 2 is 1.81 bits per heavy atom. The predicted molar refractivity (Wildman–Crippen MR) is 124 cm³/mol. The molecule has 162 valence electrons. The number of para-hydroxylation sites is 1. The Morgan fingerprint density at radius 1 is 1.03 bits per heavy atom. The van der Waals surface area contributed by atoms with Crippen molar-refractivity contribution >= 4 is 5.91 Å². The number of aromatic nitrogens is 3. The van der Waals surface area contributed by atoms with Gasteiger partial charge in [0.1, 0.15) is 11.6 Å². The summed E-state index contributed by atoms with van der Waals surface area (Å²) in [5.41, 5.74) is 6.02. The molecule has 0 aliphatic carbocycles. The quantitative estimate of drug-likeness (QED) is 0.459. The minimum absolute atomic E-state index is 0.0384. The lowest BCUT2D eigenvalue weighted by Gasteiger charge is -2.19. The molecule has 6 nitrogen and oxygen atoms in total. The second-order valence-electron chi connectivity index (χ2n) is 8.13. The zero-order valence-electron chi connectivity index (χ0n) is 18.6. The van der Waals surface area contributed by atoms with E-state index in [4.69, 9.17) is 9.84 Å². The normalized spacial score (nSPS) is 12.8. The van der Waals surface area contributed by atoms with Crippen LogP contribution >= 0.6 is 0 Å². The zero-order chi connectivity index (χ0) is 22.2. The Hall–Kier alpha value is -3.80. The third-order valence-corrected chi connectivity index (χ3v) is 5.86. The molecule has 0 fully saturated rings. The number of nitrogens with zero attached hydrogens (tertiary/aromatic N) is 4. The van der Waals surface area contributed by atoms with E-state index in [1.165, 1.54) is 5.56 Å². The number of hydrogen-bond acceptors (Lipinski definition) is 3. The number of ether oxygens (including phenoxy) is 1. The molecule has 1 amide bonds. The van der Waals surface area contributed by atoms with Crippen molar-refractivity contribution < 1.29 is 9.53 Å². The molecule has 5 rings (SSSR count). The van der Waals surface area contributed by atoms with Crippen LogP contribution in [0.5, 0.6) is 5.75 Å². The molecular formula is C26H26N4O2. The molecule has 0 saturated carbocycles. The van der Waals surface area contributed by atoms with Crippen LogP contribution in [-0.4, -0.2) is 31.8 Å². The molecule has 0 radical (unpaired) electrons. The van der Waals surface area contributed by atoms with Gasteiger partial charge in [0.15, 0.2) is 0 Å². The highest BCUT2D eigenvalue weighted by Crippen LogP contribution is 2.33. The van der Waals surface area contributed by atoms with E-state index >= 15 is 0 Å². The molecule has 2 aromatic heterocycles. The molecule has 0 atom stereocenters. The van der Waals surface area contributed by atoms with E-state index < -0.39 is 0 Å². The van der Waals surface area contributed by atoms with Crippen LogP contribution in [0.1, 0.15) is 39.7 Å². The highest BCUT2D eigenvalue weighted by Gasteiger charge is 2.33. The van der Waals surface area contributed by atoms with Gasteiger partial charge in [-0.3, -0.25) is 4.79 Å². The van der Waals surface area contributed by atoms with E-state index in [-0.39, 0.29) is 5.91 Å². The SMILES string of the molecule is CCOc1ccccc1C(=O)N1Cc2nn(-c3ccc(C)cc3C)c(-n3cccc3)c2C1. The Labute approximate surface area is 187 Å². The minimum Gasteiger partial charge on any atom is -0.493 e. The Kier molecular flexibility index (Phi) is 5.05. The molecule has 2 aromatic carbocycles. The number of hydrogen-bond donors (Lipinski definition) is 0. The molecule has 32 heavy (non-hydrogen) atoms. The Bertz CT molecular complexity index is 1290. The summed E-state index contributed by atoms with van der Waals surface area (Å²) in [7, 11) is 0. The van der Waals surface area contributed by atoms with Crippen molar-refractivity contribution in [3.05, 3.63) is 94.9 Å². The largest absolute Gasteiger partial charge is 0.493 e. The molecule has 1 aliphatic heterocycles. The van der Waals surface area contributed by atoms with Gasteiger partial charge in [0.05, 0.1) is 36.6 Å². The summed E-state index contributed by atoms with van der Waals surface area (Å²) in [4.78, 5) is 15.2. The maximum atomic E-state index is 13.4. The van der Waals surface area contributed by atoms with Crippen molar-refractivity contribution in [2.24, 2.45) is 0 Å². The smallest absolute Gasteiger partial charge is 0.258 e. The Morgan fingerprint density at radius 3 is 2.56 bits per heavy atom. The second kappa shape index (κ2) is 8.04. The van der Waals surface area contributed by atoms with Crippen molar-refractivity contribution in [3.63, 3.8) is 0 Å². The molecule has 0 unspecified atom stereocenters. The molecule has 4 aromatic rings. The van der Waals surface area contributed by atoms with Gasteiger partial charge in [0, 0.05) is 18.0 Å². The van der Waals surface area contributed by atoms with E-state index in [0.717, 1.165) is 28.3 Å². The first-order valence-electron chi connectivity index (χ1n) is 10.9. The number of carbonyl (C=O) groups excluding carboxylic acids is 1. The van der Waals surface area contributed by atoms with E-state index in [0.29, 0.717) is 31.0 Å². The fourth-order valence-electron chi connectivity index (χ4n) is 4.39. The summed E-state index contributed by atoms with van der Waals surface area (Å²) in [6.07, 6.45) is 4.04. The van der Waals surface area contributed by atoms with Crippen LogP contribution in [0.15, 0.2) is 67.0 Å². The van der Waals surface area contributed by atoms with Gasteiger partial charge >= 0.3 is 0 Å². The minimum atomic E-state index is -0.0384. The van der Waals surface area contributed by atoms with Gasteiger partial charge in [0.25, 0.3) is 5.91 Å². The lowest BCUT2D eigenvalue weighted by molar-refractivity contribution is 0.0745. The molecular weight excluding hydrogens is 400 g/mol. The second-order valence-corrected chi connectivity index (χ2v) is 8.13. The number of carbonyl (C=O) groups is 1. The number of fused-ring (bicyclic) bond motifs is 1. The van der Waals surface area contributed by atoms with Gasteiger partial charge in [-0.15, -0.1) is 0 Å². The summed E-state index contributed by atoms with van der Waals surface area (Å²) in [6.45, 7) is 7.62. The van der Waals surface area contributed by atoms with Crippen LogP contribution < -0.4 is 4.74 Å². The fourth-order valence-corrected chi connectivity index (χ4v) is 4.39. The maximum absolute atomic E-state index is 13.4. The van der Waals surface area contributed by atoms with E-state index in [2.05, 4.69) is 36.6 Å². The molecule has 0 bridgehead atoms. The van der Waals surface area contributed by atoms with Crippen molar-refractivity contribution in [1.82, 2.24) is 19.2 Å². The summed E-state index contributed by atoms with van der Waals surface area (Å²) >= 11 is 0. The first-order valence-corrected chi connectivity index (χ1v) is 10.9. The third kappa shape index (κ3) is 3.38. The van der Waals surface area contributed by atoms with Crippen LogP contribution in [-0.2, 0) is 13.1 Å². The molecule has 0 saturated heterocycles. The van der Waals surface area contributed by atoms with Crippen LogP contribution in [0, 0.1) is 13.8 Å². The highest BCUT2D eigenvalue weighted by molar-refractivity contribution is 5.97. The average Bonchev–Trinajstić information content (AvgIpc) is 3.50. The van der Waals surface area contributed by atoms with Crippen molar-refractivity contribution in [2.75, 3.05) is 6.61 Å². The zero-order valence-corrected chi connectivity index (χ0v) is 18.6. The molecule has 0 spiro atoms. The predicted octanol–water partition coefficient (Wildman–Crippen LogP) is 4.83. The van der Waals surface area contributed by atoms with Crippen LogP contribution in [0.3, 0.4) is 0 Å². The molecule has 0 N–H and O–H groups in total. The summed E-state index contributed by atoms with van der Waals surface area (Å²) in [6, 6.07) is 17.8. The third-order valence-electron chi connectivity index (χ3n) is 5.86. The topological polar surface area (TPSA) is 52.3 Å². The summed E-state index contributed by atoms with van der Waals surface area (Å²) < 4.78 is 9.77. The highest BCUT2D eigenvalue weighted by atomic mass is 16.5. The van der Waals surface area contributed by atoms with Crippen molar-refractivity contribution in [3.8, 4) is 17.3 Å². The monoisotopic (exact) mass is 426 g/mol. The molecule has 1 aliphatic rings. The van der Waals surface area contributed by atoms with Crippen LogP contribution in [0.2, 0.25) is 0 Å². The maximum Gasteiger partial charge on any atom is 0.258 e. The Balaban J connectivity index is 1.54. The average molecular weight is 427 g/mol. The van der Waals surface area contributed by atoms with Gasteiger partial charge in [-0.05, 0) is 56.7 Å². The fraction of sp³-hybridized carbons (Fsp3) is 0.231. The molecule has 6 heteroatoms. The number of rotatable bonds is 5. The molecule has 3 heterocycles. The summed E-state index contributed by atoms with van der Waals surface area (Å²) in [5.74, 6) is 1.56. The van der Waals surface area contributed by atoms with Crippen LogP contribution in [0.4, 0.5) is 0 Å². The lowest BCUT2D eigenvalue weighted by Crippen LogP contribution is -2.27. The van der Waals surface area contributed by atoms with Gasteiger partial charge in [-0.25, -0.2) is 4.68 Å².